The molecule has 1 heterocycles. The third-order valence-electron chi connectivity index (χ3n) is 3.00. The largest absolute Gasteiger partial charge is 0.497 e. The molecule has 1 aromatic carbocycles. The van der Waals surface area contributed by atoms with Crippen LogP contribution in [0.1, 0.15) is 5.69 Å². The predicted octanol–water partition coefficient (Wildman–Crippen LogP) is 2.43. The normalized spacial score (nSPS) is 11.0. The molecule has 0 radical (unpaired) electrons. The van der Waals surface area contributed by atoms with Gasteiger partial charge in [-0.05, 0) is 31.3 Å². The summed E-state index contributed by atoms with van der Waals surface area (Å²) in [5, 5.41) is 0. The van der Waals surface area contributed by atoms with Crippen LogP contribution in [0.15, 0.2) is 34.9 Å². The average molecular weight is 276 g/mol. The first-order valence-corrected chi connectivity index (χ1v) is 6.49. The van der Waals surface area contributed by atoms with E-state index >= 15 is 0 Å². The Morgan fingerprint density at radius 3 is 2.60 bits per heavy atom. The molecule has 0 bridgehead atoms. The molecule has 108 valence electrons. The van der Waals surface area contributed by atoms with Crippen LogP contribution in [0.25, 0.3) is 11.5 Å². The molecule has 2 rings (SSSR count). The van der Waals surface area contributed by atoms with Crippen molar-refractivity contribution in [2.75, 3.05) is 34.4 Å². The molecule has 0 amide bonds. The van der Waals surface area contributed by atoms with Gasteiger partial charge in [-0.2, -0.15) is 0 Å². The van der Waals surface area contributed by atoms with Crippen molar-refractivity contribution in [3.8, 4) is 17.2 Å². The zero-order chi connectivity index (χ0) is 14.4. The minimum absolute atomic E-state index is 0.628. The molecule has 0 N–H and O–H groups in total. The molecule has 0 aliphatic carbocycles. The SMILES string of the molecule is COCCN(C)Cc1coc(-c2ccc(OC)cc2)n1. The summed E-state index contributed by atoms with van der Waals surface area (Å²) in [7, 11) is 5.38. The van der Waals surface area contributed by atoms with Crippen molar-refractivity contribution in [3.05, 3.63) is 36.2 Å². The van der Waals surface area contributed by atoms with Gasteiger partial charge in [0.25, 0.3) is 0 Å². The highest BCUT2D eigenvalue weighted by Crippen LogP contribution is 2.22. The summed E-state index contributed by atoms with van der Waals surface area (Å²) in [4.78, 5) is 6.63. The van der Waals surface area contributed by atoms with Gasteiger partial charge >= 0.3 is 0 Å². The van der Waals surface area contributed by atoms with Gasteiger partial charge in [-0.15, -0.1) is 0 Å². The number of hydrogen-bond acceptors (Lipinski definition) is 5. The van der Waals surface area contributed by atoms with Crippen molar-refractivity contribution >= 4 is 0 Å². The number of likely N-dealkylation sites (N-methyl/N-ethyl adjacent to an activating group) is 1. The van der Waals surface area contributed by atoms with Crippen molar-refractivity contribution in [3.63, 3.8) is 0 Å². The fraction of sp³-hybridized carbons (Fsp3) is 0.400. The summed E-state index contributed by atoms with van der Waals surface area (Å²) in [6, 6.07) is 7.65. The average Bonchev–Trinajstić information content (AvgIpc) is 2.93. The minimum atomic E-state index is 0.628. The number of aromatic nitrogens is 1. The maximum Gasteiger partial charge on any atom is 0.226 e. The Balaban J connectivity index is 2.00. The molecule has 1 aromatic heterocycles. The van der Waals surface area contributed by atoms with Crippen LogP contribution in [-0.2, 0) is 11.3 Å². The maximum absolute atomic E-state index is 5.52. The lowest BCUT2D eigenvalue weighted by Crippen LogP contribution is -2.22. The fourth-order valence-corrected chi connectivity index (χ4v) is 1.85. The summed E-state index contributed by atoms with van der Waals surface area (Å²) in [6.45, 7) is 2.31. The van der Waals surface area contributed by atoms with Crippen LogP contribution in [0.5, 0.6) is 5.75 Å². The lowest BCUT2D eigenvalue weighted by atomic mass is 10.2. The summed E-state index contributed by atoms with van der Waals surface area (Å²) in [5.41, 5.74) is 1.85. The number of benzene rings is 1. The minimum Gasteiger partial charge on any atom is -0.497 e. The molecule has 0 aliphatic heterocycles. The molecular formula is C15H20N2O3. The molecule has 5 heteroatoms. The van der Waals surface area contributed by atoms with Crippen molar-refractivity contribution < 1.29 is 13.9 Å². The highest BCUT2D eigenvalue weighted by Gasteiger charge is 2.08. The van der Waals surface area contributed by atoms with E-state index in [0.717, 1.165) is 30.1 Å². The molecule has 0 aliphatic rings. The van der Waals surface area contributed by atoms with Crippen LogP contribution in [0, 0.1) is 0 Å². The highest BCUT2D eigenvalue weighted by atomic mass is 16.5. The fourth-order valence-electron chi connectivity index (χ4n) is 1.85. The van der Waals surface area contributed by atoms with E-state index in [-0.39, 0.29) is 0 Å². The summed E-state index contributed by atoms with van der Waals surface area (Å²) >= 11 is 0. The summed E-state index contributed by atoms with van der Waals surface area (Å²) < 4.78 is 15.7. The monoisotopic (exact) mass is 276 g/mol. The van der Waals surface area contributed by atoms with E-state index in [0.29, 0.717) is 12.5 Å². The van der Waals surface area contributed by atoms with E-state index in [4.69, 9.17) is 13.9 Å². The van der Waals surface area contributed by atoms with Crippen LogP contribution in [0.4, 0.5) is 0 Å². The van der Waals surface area contributed by atoms with Gasteiger partial charge in [0.15, 0.2) is 0 Å². The third kappa shape index (κ3) is 3.82. The lowest BCUT2D eigenvalue weighted by molar-refractivity contribution is 0.158. The molecule has 0 saturated heterocycles. The lowest BCUT2D eigenvalue weighted by Gasteiger charge is -2.13. The Morgan fingerprint density at radius 2 is 1.95 bits per heavy atom. The van der Waals surface area contributed by atoms with E-state index in [1.807, 2.05) is 31.3 Å². The van der Waals surface area contributed by atoms with Gasteiger partial charge in [0.05, 0.1) is 19.4 Å². The van der Waals surface area contributed by atoms with Gasteiger partial charge in [-0.25, -0.2) is 4.98 Å². The number of nitrogens with zero attached hydrogens (tertiary/aromatic N) is 2. The highest BCUT2D eigenvalue weighted by molar-refractivity contribution is 5.54. The zero-order valence-electron chi connectivity index (χ0n) is 12.1. The molecule has 2 aromatic rings. The standard InChI is InChI=1S/C15H20N2O3/c1-17(8-9-18-2)10-13-11-20-15(16-13)12-4-6-14(19-3)7-5-12/h4-7,11H,8-10H2,1-3H3. The predicted molar refractivity (Wildman–Crippen MR) is 76.7 cm³/mol. The molecule has 0 spiro atoms. The first-order valence-electron chi connectivity index (χ1n) is 6.49. The van der Waals surface area contributed by atoms with E-state index in [2.05, 4.69) is 9.88 Å². The second-order valence-electron chi connectivity index (χ2n) is 4.60. The molecule has 0 fully saturated rings. The number of oxazole rings is 1. The van der Waals surface area contributed by atoms with Crippen LogP contribution in [0.2, 0.25) is 0 Å². The Bertz CT molecular complexity index is 522. The molecule has 0 saturated carbocycles. The van der Waals surface area contributed by atoms with Gasteiger partial charge in [-0.3, -0.25) is 4.90 Å². The molecule has 0 atom stereocenters. The van der Waals surface area contributed by atoms with Gasteiger partial charge in [0, 0.05) is 25.8 Å². The van der Waals surface area contributed by atoms with Crippen molar-refractivity contribution in [2.45, 2.75) is 6.54 Å². The first kappa shape index (κ1) is 14.6. The van der Waals surface area contributed by atoms with Crippen LogP contribution in [0.3, 0.4) is 0 Å². The molecule has 0 unspecified atom stereocenters. The third-order valence-corrected chi connectivity index (χ3v) is 3.00. The second-order valence-corrected chi connectivity index (χ2v) is 4.60. The summed E-state index contributed by atoms with van der Waals surface area (Å²) in [5.74, 6) is 1.45. The molecular weight excluding hydrogens is 256 g/mol. The smallest absolute Gasteiger partial charge is 0.226 e. The number of ether oxygens (including phenoxy) is 2. The van der Waals surface area contributed by atoms with E-state index in [1.54, 1.807) is 20.5 Å². The van der Waals surface area contributed by atoms with Crippen LogP contribution >= 0.6 is 0 Å². The van der Waals surface area contributed by atoms with Crippen LogP contribution in [-0.4, -0.2) is 44.3 Å². The van der Waals surface area contributed by atoms with E-state index in [1.165, 1.54) is 0 Å². The Hall–Kier alpha value is -1.85. The molecule has 20 heavy (non-hydrogen) atoms. The zero-order valence-corrected chi connectivity index (χ0v) is 12.1. The summed E-state index contributed by atoms with van der Waals surface area (Å²) in [6.07, 6.45) is 1.70. The number of hydrogen-bond donors (Lipinski definition) is 0. The Labute approximate surface area is 119 Å². The number of rotatable bonds is 7. The molecule has 5 nitrogen and oxygen atoms in total. The Kier molecular flexibility index (Phi) is 5.15. The first-order chi connectivity index (χ1) is 9.72. The van der Waals surface area contributed by atoms with E-state index in [9.17, 15) is 0 Å². The quantitative estimate of drug-likeness (QED) is 0.777. The number of methoxy groups -OCH3 is 2. The topological polar surface area (TPSA) is 47.7 Å². The van der Waals surface area contributed by atoms with Gasteiger partial charge in [-0.1, -0.05) is 0 Å². The maximum atomic E-state index is 5.52. The van der Waals surface area contributed by atoms with Gasteiger partial charge in [0.2, 0.25) is 5.89 Å². The van der Waals surface area contributed by atoms with E-state index < -0.39 is 0 Å². The van der Waals surface area contributed by atoms with Crippen molar-refractivity contribution in [1.82, 2.24) is 9.88 Å². The van der Waals surface area contributed by atoms with Crippen molar-refractivity contribution in [1.29, 1.82) is 0 Å². The Morgan fingerprint density at radius 1 is 1.20 bits per heavy atom. The van der Waals surface area contributed by atoms with Crippen molar-refractivity contribution in [2.24, 2.45) is 0 Å². The van der Waals surface area contributed by atoms with Gasteiger partial charge < -0.3 is 13.9 Å². The van der Waals surface area contributed by atoms with Gasteiger partial charge in [0.1, 0.15) is 12.0 Å². The van der Waals surface area contributed by atoms with Crippen LogP contribution < -0.4 is 4.74 Å². The second kappa shape index (κ2) is 7.07.